The second kappa shape index (κ2) is 19.6. The third-order valence-electron chi connectivity index (χ3n) is 10.8. The number of aliphatic hydroxyl groups is 12. The maximum absolute atomic E-state index is 11.4. The molecular formula is C38H52O21. The van der Waals surface area contributed by atoms with E-state index in [0.717, 1.165) is 0 Å². The molecule has 17 unspecified atom stereocenters. The highest BCUT2D eigenvalue weighted by molar-refractivity contribution is 5.62. The van der Waals surface area contributed by atoms with Crippen molar-refractivity contribution in [1.29, 1.82) is 0 Å². The molecule has 4 aliphatic rings. The van der Waals surface area contributed by atoms with Crippen LogP contribution in [-0.2, 0) is 23.7 Å². The lowest BCUT2D eigenvalue weighted by atomic mass is 9.90. The molecule has 6 rings (SSSR count). The Hall–Kier alpha value is -3.30. The molecule has 21 heteroatoms. The van der Waals surface area contributed by atoms with Crippen LogP contribution in [0.15, 0.2) is 36.4 Å². The lowest BCUT2D eigenvalue weighted by Gasteiger charge is -2.48. The molecule has 4 heterocycles. The Morgan fingerprint density at radius 2 is 1.14 bits per heavy atom. The van der Waals surface area contributed by atoms with Crippen LogP contribution >= 0.6 is 0 Å². The number of methoxy groups -OCH3 is 2. The van der Waals surface area contributed by atoms with Crippen LogP contribution in [0.1, 0.15) is 28.7 Å². The van der Waals surface area contributed by atoms with E-state index >= 15 is 0 Å². The molecule has 2 aromatic carbocycles. The van der Waals surface area contributed by atoms with Crippen molar-refractivity contribution in [2.75, 3.05) is 47.3 Å². The molecule has 3 fully saturated rings. The summed E-state index contributed by atoms with van der Waals surface area (Å²) in [5, 5.41) is 125. The number of aliphatic hydroxyl groups excluding tert-OH is 12. The third kappa shape index (κ3) is 9.03. The first-order chi connectivity index (χ1) is 28.3. The zero-order valence-corrected chi connectivity index (χ0v) is 31.9. The summed E-state index contributed by atoms with van der Waals surface area (Å²) in [5.74, 6) is 0.260. The van der Waals surface area contributed by atoms with Gasteiger partial charge in [0, 0.05) is 5.56 Å². The van der Waals surface area contributed by atoms with Crippen LogP contribution in [0.5, 0.6) is 23.0 Å². The van der Waals surface area contributed by atoms with Gasteiger partial charge in [0.25, 0.3) is 0 Å². The minimum Gasteiger partial charge on any atom is -0.493 e. The van der Waals surface area contributed by atoms with Crippen molar-refractivity contribution in [3.63, 3.8) is 0 Å². The Morgan fingerprint density at radius 3 is 1.68 bits per heavy atom. The van der Waals surface area contributed by atoms with Crippen LogP contribution in [0.4, 0.5) is 0 Å². The summed E-state index contributed by atoms with van der Waals surface area (Å²) < 4.78 is 52.8. The molecular weight excluding hydrogens is 792 g/mol. The van der Waals surface area contributed by atoms with Gasteiger partial charge in [-0.15, -0.1) is 0 Å². The van der Waals surface area contributed by atoms with Crippen molar-refractivity contribution < 1.29 is 104 Å². The van der Waals surface area contributed by atoms with Crippen LogP contribution in [0.3, 0.4) is 0 Å². The molecule has 0 bridgehead atoms. The van der Waals surface area contributed by atoms with Crippen LogP contribution in [0.2, 0.25) is 0 Å². The molecule has 21 nitrogen and oxygen atoms in total. The zero-order chi connectivity index (χ0) is 42.7. The molecule has 59 heavy (non-hydrogen) atoms. The summed E-state index contributed by atoms with van der Waals surface area (Å²) in [6, 6.07) is 8.15. The van der Waals surface area contributed by atoms with Gasteiger partial charge in [-0.3, -0.25) is 0 Å². The Morgan fingerprint density at radius 1 is 0.576 bits per heavy atom. The highest BCUT2D eigenvalue weighted by atomic mass is 16.8. The topological polar surface area (TPSA) is 326 Å². The quantitative estimate of drug-likeness (QED) is 0.0808. The zero-order valence-electron chi connectivity index (χ0n) is 31.9. The second-order valence-electron chi connectivity index (χ2n) is 14.4. The molecule has 0 amide bonds. The van der Waals surface area contributed by atoms with Crippen molar-refractivity contribution in [3.05, 3.63) is 53.1 Å². The van der Waals surface area contributed by atoms with E-state index in [1.54, 1.807) is 30.4 Å². The predicted molar refractivity (Wildman–Crippen MR) is 195 cm³/mol. The van der Waals surface area contributed by atoms with E-state index < -0.39 is 124 Å². The normalized spacial score (nSPS) is 38.5. The Labute approximate surface area is 337 Å². The summed E-state index contributed by atoms with van der Waals surface area (Å²) in [7, 11) is 2.80. The molecule has 2 aromatic rings. The number of hydrogen-bond acceptors (Lipinski definition) is 21. The second-order valence-corrected chi connectivity index (χ2v) is 14.4. The minimum atomic E-state index is -1.97. The van der Waals surface area contributed by atoms with E-state index in [1.807, 2.05) is 6.07 Å². The fraction of sp³-hybridized carbons (Fsp3) is 0.632. The standard InChI is InChI=1S/C38H52O21/c1-51-20-10-16(32-18(11-40)17-8-15(4-3-7-39)9-21(52-2)33(17)57-32)5-6-19(20)53-38-35(59-37-31(50)29(48)26(45)23(13-42)55-37)34(27(46)24(14-43)56-38)58-36-30(49)28(47)25(44)22(12-41)54-36/h3-6,8-10,18,22-32,34-50H,7,11-14H2,1-2H3. The van der Waals surface area contributed by atoms with Gasteiger partial charge in [0.2, 0.25) is 6.29 Å². The summed E-state index contributed by atoms with van der Waals surface area (Å²) in [6.07, 6.45) is -24.1. The lowest BCUT2D eigenvalue weighted by Crippen LogP contribution is -2.67. The minimum absolute atomic E-state index is 0.0339. The average molecular weight is 845 g/mol. The van der Waals surface area contributed by atoms with Gasteiger partial charge in [0.1, 0.15) is 73.2 Å². The highest BCUT2D eigenvalue weighted by Crippen LogP contribution is 2.52. The van der Waals surface area contributed by atoms with Crippen LogP contribution in [0.25, 0.3) is 6.08 Å². The summed E-state index contributed by atoms with van der Waals surface area (Å²) in [4.78, 5) is 0. The molecule has 17 atom stereocenters. The molecule has 0 aromatic heterocycles. The average Bonchev–Trinajstić information content (AvgIpc) is 3.63. The first-order valence-corrected chi connectivity index (χ1v) is 18.8. The first kappa shape index (κ1) is 45.2. The Kier molecular flexibility index (Phi) is 15.0. The number of benzene rings is 2. The number of fused-ring (bicyclic) bond motifs is 1. The smallest absolute Gasteiger partial charge is 0.229 e. The van der Waals surface area contributed by atoms with Gasteiger partial charge in [-0.2, -0.15) is 0 Å². The summed E-state index contributed by atoms with van der Waals surface area (Å²) >= 11 is 0. The van der Waals surface area contributed by atoms with Gasteiger partial charge >= 0.3 is 0 Å². The van der Waals surface area contributed by atoms with Gasteiger partial charge in [0.15, 0.2) is 41.7 Å². The summed E-state index contributed by atoms with van der Waals surface area (Å²) in [6.45, 7) is -3.00. The molecule has 330 valence electrons. The van der Waals surface area contributed by atoms with E-state index in [2.05, 4.69) is 0 Å². The predicted octanol–water partition coefficient (Wildman–Crippen LogP) is -4.25. The van der Waals surface area contributed by atoms with Gasteiger partial charge < -0.3 is 104 Å². The van der Waals surface area contributed by atoms with Crippen molar-refractivity contribution in [3.8, 4) is 23.0 Å². The SMILES string of the molecule is COc1cc(C2Oc3c(OC)cc(C=CCO)cc3C2CO)ccc1OC1OC(CO)C(O)C(OC2OC(CO)C(O)C(O)C2O)C1OC1OC(CO)C(O)C(O)C1O. The maximum Gasteiger partial charge on any atom is 0.229 e. The number of hydrogen-bond donors (Lipinski definition) is 12. The third-order valence-corrected chi connectivity index (χ3v) is 10.8. The molecule has 0 radical (unpaired) electrons. The molecule has 0 aliphatic carbocycles. The van der Waals surface area contributed by atoms with Gasteiger partial charge in [0.05, 0.1) is 53.2 Å². The monoisotopic (exact) mass is 844 g/mol. The fourth-order valence-electron chi connectivity index (χ4n) is 7.54. The molecule has 12 N–H and O–H groups in total. The van der Waals surface area contributed by atoms with E-state index in [4.69, 9.17) is 42.6 Å². The van der Waals surface area contributed by atoms with Gasteiger partial charge in [-0.1, -0.05) is 18.2 Å². The van der Waals surface area contributed by atoms with Gasteiger partial charge in [-0.05, 0) is 35.4 Å². The van der Waals surface area contributed by atoms with E-state index in [9.17, 15) is 61.3 Å². The van der Waals surface area contributed by atoms with Crippen molar-refractivity contribution >= 4 is 6.08 Å². The van der Waals surface area contributed by atoms with E-state index in [-0.39, 0.29) is 24.7 Å². The van der Waals surface area contributed by atoms with E-state index in [1.165, 1.54) is 20.3 Å². The van der Waals surface area contributed by atoms with Crippen LogP contribution in [0, 0.1) is 0 Å². The molecule has 0 saturated carbocycles. The summed E-state index contributed by atoms with van der Waals surface area (Å²) in [5.41, 5.74) is 1.87. The highest BCUT2D eigenvalue weighted by Gasteiger charge is 2.55. The van der Waals surface area contributed by atoms with Crippen molar-refractivity contribution in [2.45, 2.75) is 104 Å². The number of ether oxygens (including phenoxy) is 9. The van der Waals surface area contributed by atoms with Gasteiger partial charge in [-0.25, -0.2) is 0 Å². The molecule has 4 aliphatic heterocycles. The van der Waals surface area contributed by atoms with E-state index in [0.29, 0.717) is 28.2 Å². The number of rotatable bonds is 15. The Balaban J connectivity index is 1.34. The van der Waals surface area contributed by atoms with Crippen molar-refractivity contribution in [2.24, 2.45) is 0 Å². The van der Waals surface area contributed by atoms with Crippen LogP contribution in [-0.4, -0.2) is 201 Å². The first-order valence-electron chi connectivity index (χ1n) is 18.8. The maximum atomic E-state index is 11.4. The largest absolute Gasteiger partial charge is 0.493 e. The lowest BCUT2D eigenvalue weighted by molar-refractivity contribution is -0.384. The Bertz CT molecular complexity index is 1710. The molecule has 3 saturated heterocycles. The van der Waals surface area contributed by atoms with Crippen LogP contribution < -0.4 is 18.9 Å². The molecule has 0 spiro atoms. The fourth-order valence-corrected chi connectivity index (χ4v) is 7.54. The van der Waals surface area contributed by atoms with Crippen molar-refractivity contribution in [1.82, 2.24) is 0 Å².